The van der Waals surface area contributed by atoms with Crippen molar-refractivity contribution >= 4 is 5.71 Å². The standard InChI is InChI=1S/C5H3FN3/c1-3-5(6)4(2-7)9-8-3/h1H3. The molecule has 1 heterocycles. The Morgan fingerprint density at radius 3 is 2.56 bits per heavy atom. The van der Waals surface area contributed by atoms with E-state index >= 15 is 0 Å². The number of hydrogen-bond donors (Lipinski definition) is 0. The van der Waals surface area contributed by atoms with Crippen LogP contribution in [0.5, 0.6) is 0 Å². The Morgan fingerprint density at radius 2 is 2.33 bits per heavy atom. The SMILES string of the molecule is CC1=C(F)C(C#N)=N[N]1. The van der Waals surface area contributed by atoms with Crippen molar-refractivity contribution in [3.63, 3.8) is 0 Å². The van der Waals surface area contributed by atoms with E-state index in [2.05, 4.69) is 10.5 Å². The number of nitrogens with zero attached hydrogens (tertiary/aromatic N) is 3. The monoisotopic (exact) mass is 124 g/mol. The summed E-state index contributed by atoms with van der Waals surface area (Å²) >= 11 is 0. The fourth-order valence-electron chi connectivity index (χ4n) is 0.456. The number of hydrogen-bond acceptors (Lipinski definition) is 2. The molecule has 0 aromatic heterocycles. The van der Waals surface area contributed by atoms with Gasteiger partial charge in [0, 0.05) is 0 Å². The molecule has 45 valence electrons. The largest absolute Gasteiger partial charge is 0.202 e. The average molecular weight is 124 g/mol. The van der Waals surface area contributed by atoms with Crippen molar-refractivity contribution in [2.45, 2.75) is 6.92 Å². The van der Waals surface area contributed by atoms with Crippen LogP contribution in [-0.4, -0.2) is 5.71 Å². The highest BCUT2D eigenvalue weighted by Crippen LogP contribution is 2.11. The van der Waals surface area contributed by atoms with Crippen LogP contribution in [0.3, 0.4) is 0 Å². The molecule has 0 saturated carbocycles. The number of nitriles is 1. The van der Waals surface area contributed by atoms with Gasteiger partial charge in [0.05, 0.1) is 5.70 Å². The zero-order valence-corrected chi connectivity index (χ0v) is 4.72. The molecule has 0 atom stereocenters. The second-order valence-corrected chi connectivity index (χ2v) is 1.56. The number of rotatable bonds is 0. The van der Waals surface area contributed by atoms with Crippen LogP contribution >= 0.6 is 0 Å². The molecule has 9 heavy (non-hydrogen) atoms. The van der Waals surface area contributed by atoms with Gasteiger partial charge in [-0.15, -0.1) is 5.10 Å². The summed E-state index contributed by atoms with van der Waals surface area (Å²) in [5.74, 6) is -0.613. The lowest BCUT2D eigenvalue weighted by Gasteiger charge is -1.81. The molecule has 1 radical (unpaired) electrons. The summed E-state index contributed by atoms with van der Waals surface area (Å²) < 4.78 is 12.4. The van der Waals surface area contributed by atoms with E-state index in [1.54, 1.807) is 6.07 Å². The van der Waals surface area contributed by atoms with Crippen LogP contribution in [0.15, 0.2) is 16.6 Å². The smallest absolute Gasteiger partial charge is 0.200 e. The third-order valence-corrected chi connectivity index (χ3v) is 0.931. The molecule has 1 rings (SSSR count). The molecule has 0 spiro atoms. The topological polar surface area (TPSA) is 50.2 Å². The Balaban J connectivity index is 2.95. The first-order chi connectivity index (χ1) is 4.25. The number of allylic oxidation sites excluding steroid dienone is 2. The normalized spacial score (nSPS) is 16.8. The van der Waals surface area contributed by atoms with Gasteiger partial charge in [-0.3, -0.25) is 0 Å². The van der Waals surface area contributed by atoms with E-state index in [0.29, 0.717) is 0 Å². The van der Waals surface area contributed by atoms with Crippen LogP contribution in [0.25, 0.3) is 0 Å². The van der Waals surface area contributed by atoms with Crippen molar-refractivity contribution in [3.05, 3.63) is 11.5 Å². The maximum absolute atomic E-state index is 12.4. The molecule has 4 heteroatoms. The lowest BCUT2D eigenvalue weighted by Crippen LogP contribution is -1.88. The first kappa shape index (κ1) is 5.76. The summed E-state index contributed by atoms with van der Waals surface area (Å²) in [6, 6.07) is 1.57. The Morgan fingerprint density at radius 1 is 1.67 bits per heavy atom. The van der Waals surface area contributed by atoms with Crippen molar-refractivity contribution in [1.82, 2.24) is 5.43 Å². The van der Waals surface area contributed by atoms with Gasteiger partial charge < -0.3 is 0 Å². The van der Waals surface area contributed by atoms with Gasteiger partial charge in [0.1, 0.15) is 6.07 Å². The molecule has 3 nitrogen and oxygen atoms in total. The second kappa shape index (κ2) is 1.86. The van der Waals surface area contributed by atoms with Gasteiger partial charge in [0.25, 0.3) is 0 Å². The highest BCUT2D eigenvalue weighted by atomic mass is 19.1. The average Bonchev–Trinajstić information content (AvgIpc) is 2.15. The molecule has 0 aromatic carbocycles. The minimum atomic E-state index is -0.613. The first-order valence-electron chi connectivity index (χ1n) is 2.31. The molecule has 0 amide bonds. The first-order valence-corrected chi connectivity index (χ1v) is 2.31. The summed E-state index contributed by atoms with van der Waals surface area (Å²) in [5, 5.41) is 11.4. The van der Waals surface area contributed by atoms with Gasteiger partial charge in [-0.2, -0.15) is 10.7 Å². The van der Waals surface area contributed by atoms with Gasteiger partial charge in [-0.25, -0.2) is 4.39 Å². The van der Waals surface area contributed by atoms with E-state index in [1.807, 2.05) is 0 Å². The lowest BCUT2D eigenvalue weighted by molar-refractivity contribution is 0.667. The van der Waals surface area contributed by atoms with Crippen molar-refractivity contribution in [3.8, 4) is 6.07 Å². The van der Waals surface area contributed by atoms with Crippen LogP contribution in [-0.2, 0) is 0 Å². The fourth-order valence-corrected chi connectivity index (χ4v) is 0.456. The third-order valence-electron chi connectivity index (χ3n) is 0.931. The van der Waals surface area contributed by atoms with Crippen molar-refractivity contribution in [2.75, 3.05) is 0 Å². The molecular weight excluding hydrogens is 121 g/mol. The minimum Gasteiger partial charge on any atom is -0.202 e. The Hall–Kier alpha value is -1.37. The molecule has 0 bridgehead atoms. The molecule has 1 aliphatic rings. The van der Waals surface area contributed by atoms with Gasteiger partial charge in [-0.1, -0.05) is 0 Å². The highest BCUT2D eigenvalue weighted by molar-refractivity contribution is 6.11. The Labute approximate surface area is 51.5 Å². The molecule has 0 aromatic rings. The predicted octanol–water partition coefficient (Wildman–Crippen LogP) is 0.685. The second-order valence-electron chi connectivity index (χ2n) is 1.56. The summed E-state index contributed by atoms with van der Waals surface area (Å²) in [4.78, 5) is 0. The fraction of sp³-hybridized carbons (Fsp3) is 0.200. The predicted molar refractivity (Wildman–Crippen MR) is 29.0 cm³/mol. The third kappa shape index (κ3) is 0.765. The maximum atomic E-state index is 12.4. The van der Waals surface area contributed by atoms with Crippen molar-refractivity contribution in [2.24, 2.45) is 5.10 Å². The zero-order valence-electron chi connectivity index (χ0n) is 4.72. The molecule has 0 N–H and O–H groups in total. The van der Waals surface area contributed by atoms with E-state index in [-0.39, 0.29) is 11.4 Å². The molecule has 0 unspecified atom stereocenters. The number of halogens is 1. The summed E-state index contributed by atoms with van der Waals surface area (Å²) in [5.41, 5.74) is 3.28. The summed E-state index contributed by atoms with van der Waals surface area (Å²) in [7, 11) is 0. The van der Waals surface area contributed by atoms with Gasteiger partial charge in [0.15, 0.2) is 5.83 Å². The van der Waals surface area contributed by atoms with Crippen LogP contribution in [0.1, 0.15) is 6.92 Å². The lowest BCUT2D eigenvalue weighted by atomic mass is 10.3. The van der Waals surface area contributed by atoms with Crippen LogP contribution in [0.4, 0.5) is 4.39 Å². The quantitative estimate of drug-likeness (QED) is 0.468. The van der Waals surface area contributed by atoms with E-state index in [0.717, 1.165) is 0 Å². The van der Waals surface area contributed by atoms with Crippen LogP contribution in [0, 0.1) is 11.3 Å². The minimum absolute atomic E-state index is 0.173. The van der Waals surface area contributed by atoms with Crippen molar-refractivity contribution < 1.29 is 4.39 Å². The van der Waals surface area contributed by atoms with E-state index in [9.17, 15) is 4.39 Å². The van der Waals surface area contributed by atoms with Crippen molar-refractivity contribution in [1.29, 1.82) is 5.26 Å². The Bertz CT molecular complexity index is 233. The van der Waals surface area contributed by atoms with Crippen LogP contribution < -0.4 is 5.43 Å². The van der Waals surface area contributed by atoms with E-state index < -0.39 is 5.83 Å². The highest BCUT2D eigenvalue weighted by Gasteiger charge is 2.16. The van der Waals surface area contributed by atoms with E-state index in [1.165, 1.54) is 6.92 Å². The maximum Gasteiger partial charge on any atom is 0.200 e. The zero-order chi connectivity index (χ0) is 6.85. The summed E-state index contributed by atoms with van der Waals surface area (Å²) in [6.45, 7) is 1.46. The summed E-state index contributed by atoms with van der Waals surface area (Å²) in [6.07, 6.45) is 0. The Kier molecular flexibility index (Phi) is 1.19. The van der Waals surface area contributed by atoms with Gasteiger partial charge in [-0.05, 0) is 6.92 Å². The molecular formula is C5H3FN3. The molecule has 0 saturated heterocycles. The van der Waals surface area contributed by atoms with Crippen LogP contribution in [0.2, 0.25) is 0 Å². The molecule has 0 aliphatic carbocycles. The van der Waals surface area contributed by atoms with Gasteiger partial charge >= 0.3 is 0 Å². The van der Waals surface area contributed by atoms with E-state index in [4.69, 9.17) is 5.26 Å². The van der Waals surface area contributed by atoms with Gasteiger partial charge in [0.2, 0.25) is 5.71 Å². The molecule has 1 aliphatic heterocycles. The molecule has 0 fully saturated rings.